The molecule has 0 saturated carbocycles. The van der Waals surface area contributed by atoms with Crippen molar-refractivity contribution in [2.24, 2.45) is 10.9 Å². The predicted octanol–water partition coefficient (Wildman–Crippen LogP) is 2.55. The van der Waals surface area contributed by atoms with Gasteiger partial charge in [-0.1, -0.05) is 13.8 Å². The van der Waals surface area contributed by atoms with E-state index < -0.39 is 11.9 Å². The molecule has 0 spiro atoms. The van der Waals surface area contributed by atoms with Crippen molar-refractivity contribution < 1.29 is 13.2 Å². The summed E-state index contributed by atoms with van der Waals surface area (Å²) in [5.74, 6) is 1.46. The minimum absolute atomic E-state index is 0.451. The van der Waals surface area contributed by atoms with E-state index in [1.165, 1.54) is 0 Å². The van der Waals surface area contributed by atoms with Gasteiger partial charge in [0.25, 0.3) is 0 Å². The monoisotopic (exact) mass is 377 g/mol. The molecule has 1 saturated heterocycles. The van der Waals surface area contributed by atoms with Gasteiger partial charge in [-0.2, -0.15) is 13.2 Å². The third kappa shape index (κ3) is 6.14. The van der Waals surface area contributed by atoms with Gasteiger partial charge in [0.1, 0.15) is 0 Å². The zero-order valence-corrected chi connectivity index (χ0v) is 15.8. The minimum Gasteiger partial charge on any atom is -0.356 e. The number of alkyl halides is 3. The van der Waals surface area contributed by atoms with E-state index in [0.717, 1.165) is 55.4 Å². The molecule has 0 bridgehead atoms. The van der Waals surface area contributed by atoms with E-state index in [1.54, 1.807) is 7.05 Å². The highest BCUT2D eigenvalue weighted by atomic mass is 32.1. The van der Waals surface area contributed by atoms with E-state index in [-0.39, 0.29) is 0 Å². The SMILES string of the molecule is CN=C(NCCc1nc(C(F)(F)F)cs1)N1CCN(CC(C)C)CC1. The topological polar surface area (TPSA) is 43.8 Å². The van der Waals surface area contributed by atoms with Crippen LogP contribution in [0.4, 0.5) is 13.2 Å². The van der Waals surface area contributed by atoms with Gasteiger partial charge < -0.3 is 10.2 Å². The summed E-state index contributed by atoms with van der Waals surface area (Å²) in [5.41, 5.74) is -0.807. The van der Waals surface area contributed by atoms with Gasteiger partial charge in [-0.25, -0.2) is 4.98 Å². The maximum Gasteiger partial charge on any atom is 0.434 e. The summed E-state index contributed by atoms with van der Waals surface area (Å²) in [6.07, 6.45) is -3.92. The number of guanidine groups is 1. The Labute approximate surface area is 150 Å². The molecule has 0 atom stereocenters. The number of aromatic nitrogens is 1. The number of rotatable bonds is 5. The number of hydrogen-bond donors (Lipinski definition) is 1. The maximum atomic E-state index is 12.6. The molecule has 0 aromatic carbocycles. The van der Waals surface area contributed by atoms with Crippen molar-refractivity contribution in [1.82, 2.24) is 20.1 Å². The van der Waals surface area contributed by atoms with Gasteiger partial charge in [0.2, 0.25) is 0 Å². The fourth-order valence-electron chi connectivity index (χ4n) is 2.83. The van der Waals surface area contributed by atoms with E-state index in [9.17, 15) is 13.2 Å². The van der Waals surface area contributed by atoms with Crippen molar-refractivity contribution in [3.05, 3.63) is 16.1 Å². The summed E-state index contributed by atoms with van der Waals surface area (Å²) in [6, 6.07) is 0. The molecule has 2 heterocycles. The number of nitrogens with one attached hydrogen (secondary N) is 1. The lowest BCUT2D eigenvalue weighted by molar-refractivity contribution is -0.140. The fraction of sp³-hybridized carbons (Fsp3) is 0.750. The van der Waals surface area contributed by atoms with Crippen LogP contribution in [0.15, 0.2) is 10.4 Å². The van der Waals surface area contributed by atoms with Gasteiger partial charge in [0.15, 0.2) is 11.7 Å². The Morgan fingerprint density at radius 2 is 2.00 bits per heavy atom. The molecule has 9 heteroatoms. The Balaban J connectivity index is 1.77. The zero-order valence-electron chi connectivity index (χ0n) is 14.9. The first-order valence-electron chi connectivity index (χ1n) is 8.49. The van der Waals surface area contributed by atoms with Crippen molar-refractivity contribution in [1.29, 1.82) is 0 Å². The van der Waals surface area contributed by atoms with Gasteiger partial charge >= 0.3 is 6.18 Å². The molecule has 1 fully saturated rings. The highest BCUT2D eigenvalue weighted by Gasteiger charge is 2.33. The normalized spacial score (nSPS) is 17.4. The molecule has 1 N–H and O–H groups in total. The first-order chi connectivity index (χ1) is 11.8. The van der Waals surface area contributed by atoms with Crippen LogP contribution in [0.2, 0.25) is 0 Å². The van der Waals surface area contributed by atoms with Crippen LogP contribution in [-0.2, 0) is 12.6 Å². The smallest absolute Gasteiger partial charge is 0.356 e. The van der Waals surface area contributed by atoms with E-state index in [4.69, 9.17) is 0 Å². The van der Waals surface area contributed by atoms with Crippen molar-refractivity contribution in [3.8, 4) is 0 Å². The second-order valence-corrected chi connectivity index (χ2v) is 7.47. The van der Waals surface area contributed by atoms with Crippen LogP contribution >= 0.6 is 11.3 Å². The number of thiazole rings is 1. The molecular formula is C16H26F3N5S. The largest absolute Gasteiger partial charge is 0.434 e. The third-order valence-electron chi connectivity index (χ3n) is 3.97. The average Bonchev–Trinajstić information content (AvgIpc) is 3.01. The van der Waals surface area contributed by atoms with Crippen LogP contribution in [0.3, 0.4) is 0 Å². The Bertz CT molecular complexity index is 562. The highest BCUT2D eigenvalue weighted by molar-refractivity contribution is 7.09. The molecule has 0 amide bonds. The first-order valence-corrected chi connectivity index (χ1v) is 9.37. The summed E-state index contributed by atoms with van der Waals surface area (Å²) in [5, 5.41) is 4.78. The molecule has 1 aliphatic rings. The summed E-state index contributed by atoms with van der Waals surface area (Å²) >= 11 is 1.05. The maximum absolute atomic E-state index is 12.6. The standard InChI is InChI=1S/C16H26F3N5S/c1-12(2)10-23-6-8-24(9-7-23)15(20-3)21-5-4-14-22-13(11-25-14)16(17,18)19/h11-12H,4-10H2,1-3H3,(H,20,21). The van der Waals surface area contributed by atoms with Crippen LogP contribution in [0.1, 0.15) is 24.5 Å². The number of nitrogens with zero attached hydrogens (tertiary/aromatic N) is 4. The molecule has 1 aromatic heterocycles. The van der Waals surface area contributed by atoms with Gasteiger partial charge in [-0.05, 0) is 5.92 Å². The summed E-state index contributed by atoms with van der Waals surface area (Å²) in [7, 11) is 1.73. The minimum atomic E-state index is -4.37. The summed E-state index contributed by atoms with van der Waals surface area (Å²) in [4.78, 5) is 12.6. The first kappa shape index (κ1) is 20.0. The van der Waals surface area contributed by atoms with Crippen molar-refractivity contribution in [2.45, 2.75) is 26.4 Å². The second kappa shape index (κ2) is 8.84. The lowest BCUT2D eigenvalue weighted by Crippen LogP contribution is -2.53. The molecule has 5 nitrogen and oxygen atoms in total. The highest BCUT2D eigenvalue weighted by Crippen LogP contribution is 2.29. The predicted molar refractivity (Wildman–Crippen MR) is 95.0 cm³/mol. The van der Waals surface area contributed by atoms with Crippen LogP contribution in [0, 0.1) is 5.92 Å². The van der Waals surface area contributed by atoms with Gasteiger partial charge in [0.05, 0.1) is 5.01 Å². The van der Waals surface area contributed by atoms with Crippen LogP contribution in [0.5, 0.6) is 0 Å². The van der Waals surface area contributed by atoms with Crippen LogP contribution in [-0.4, -0.2) is 67.1 Å². The zero-order chi connectivity index (χ0) is 18.4. The Morgan fingerprint density at radius 1 is 1.32 bits per heavy atom. The average molecular weight is 377 g/mol. The number of hydrogen-bond acceptors (Lipinski definition) is 4. The number of aliphatic imine (C=N–C) groups is 1. The Morgan fingerprint density at radius 3 is 2.52 bits per heavy atom. The van der Waals surface area contributed by atoms with Gasteiger partial charge in [0, 0.05) is 58.1 Å². The number of piperazine rings is 1. The van der Waals surface area contributed by atoms with E-state index in [0.29, 0.717) is 23.9 Å². The van der Waals surface area contributed by atoms with E-state index in [2.05, 4.69) is 38.9 Å². The molecular weight excluding hydrogens is 351 g/mol. The Kier molecular flexibility index (Phi) is 7.06. The molecule has 1 aliphatic heterocycles. The van der Waals surface area contributed by atoms with Crippen molar-refractivity contribution >= 4 is 17.3 Å². The van der Waals surface area contributed by atoms with Crippen LogP contribution in [0.25, 0.3) is 0 Å². The lowest BCUT2D eigenvalue weighted by atomic mass is 10.2. The van der Waals surface area contributed by atoms with Crippen molar-refractivity contribution in [2.75, 3.05) is 46.3 Å². The Hall–Kier alpha value is -1.35. The second-order valence-electron chi connectivity index (χ2n) is 6.53. The number of halogens is 3. The summed E-state index contributed by atoms with van der Waals surface area (Å²) < 4.78 is 37.7. The van der Waals surface area contributed by atoms with Crippen LogP contribution < -0.4 is 5.32 Å². The molecule has 0 aliphatic carbocycles. The quantitative estimate of drug-likeness (QED) is 0.633. The fourth-order valence-corrected chi connectivity index (χ4v) is 3.63. The lowest BCUT2D eigenvalue weighted by Gasteiger charge is -2.37. The van der Waals surface area contributed by atoms with E-state index in [1.807, 2.05) is 0 Å². The molecule has 0 unspecified atom stereocenters. The molecule has 0 radical (unpaired) electrons. The molecule has 25 heavy (non-hydrogen) atoms. The van der Waals surface area contributed by atoms with Gasteiger partial charge in [-0.15, -0.1) is 11.3 Å². The third-order valence-corrected chi connectivity index (χ3v) is 4.88. The molecule has 1 aromatic rings. The van der Waals surface area contributed by atoms with Gasteiger partial charge in [-0.3, -0.25) is 9.89 Å². The van der Waals surface area contributed by atoms with Crippen molar-refractivity contribution in [3.63, 3.8) is 0 Å². The molecule has 142 valence electrons. The molecule has 2 rings (SSSR count). The summed E-state index contributed by atoms with van der Waals surface area (Å²) in [6.45, 7) is 9.87. The van der Waals surface area contributed by atoms with E-state index >= 15 is 0 Å².